The Labute approximate surface area is 203 Å². The molecule has 2 aliphatic rings. The molecule has 0 amide bonds. The van der Waals surface area contributed by atoms with Gasteiger partial charge in [0.2, 0.25) is 0 Å². The number of aliphatic hydroxyl groups is 1. The predicted molar refractivity (Wildman–Crippen MR) is 130 cm³/mol. The number of benzene rings is 1. The van der Waals surface area contributed by atoms with Gasteiger partial charge in [-0.25, -0.2) is 4.79 Å². The minimum absolute atomic E-state index is 0.0103. The average molecular weight is 497 g/mol. The van der Waals surface area contributed by atoms with Crippen molar-refractivity contribution in [3.8, 4) is 11.5 Å². The van der Waals surface area contributed by atoms with Crippen LogP contribution in [0.5, 0.6) is 11.5 Å². The summed E-state index contributed by atoms with van der Waals surface area (Å²) in [6, 6.07) is 4.49. The largest absolute Gasteiger partial charge is 0.497 e. The molecule has 0 spiro atoms. The number of carbonyl (C=O) groups excluding carboxylic acids is 1. The van der Waals surface area contributed by atoms with Gasteiger partial charge in [-0.05, 0) is 56.2 Å². The van der Waals surface area contributed by atoms with Crippen molar-refractivity contribution in [2.24, 2.45) is 5.92 Å². The second kappa shape index (κ2) is 10.9. The number of hydrogen-bond acceptors (Lipinski definition) is 8. The van der Waals surface area contributed by atoms with Crippen molar-refractivity contribution in [3.63, 3.8) is 0 Å². The van der Waals surface area contributed by atoms with Gasteiger partial charge in [0, 0.05) is 21.3 Å². The Morgan fingerprint density at radius 3 is 2.50 bits per heavy atom. The lowest BCUT2D eigenvalue weighted by Crippen LogP contribution is -2.26. The molecule has 3 rings (SSSR count). The van der Waals surface area contributed by atoms with Crippen molar-refractivity contribution in [1.29, 1.82) is 0 Å². The molecule has 1 saturated heterocycles. The Hall–Kier alpha value is -1.65. The summed E-state index contributed by atoms with van der Waals surface area (Å²) in [5.41, 5.74) is 1.29. The minimum atomic E-state index is -1.35. The molecule has 8 nitrogen and oxygen atoms in total. The Kier molecular flexibility index (Phi) is 8.68. The summed E-state index contributed by atoms with van der Waals surface area (Å²) in [5, 5.41) is 9.72. The molecule has 2 unspecified atom stereocenters. The molecule has 1 aliphatic heterocycles. The van der Waals surface area contributed by atoms with Crippen molar-refractivity contribution in [3.05, 3.63) is 23.3 Å². The van der Waals surface area contributed by atoms with Crippen LogP contribution in [0.15, 0.2) is 12.1 Å². The normalized spacial score (nSPS) is 25.8. The summed E-state index contributed by atoms with van der Waals surface area (Å²) in [6.07, 6.45) is 1.07. The van der Waals surface area contributed by atoms with E-state index in [1.165, 1.54) is 7.11 Å². The molecule has 1 aromatic carbocycles. The third-order valence-corrected chi connectivity index (χ3v) is 7.99. The van der Waals surface area contributed by atoms with Crippen LogP contribution in [0.2, 0.25) is 25.7 Å². The first-order valence-electron chi connectivity index (χ1n) is 11.9. The Bertz CT molecular complexity index is 850. The summed E-state index contributed by atoms with van der Waals surface area (Å²) >= 11 is 0. The van der Waals surface area contributed by atoms with Gasteiger partial charge in [0.15, 0.2) is 12.6 Å². The van der Waals surface area contributed by atoms with Crippen molar-refractivity contribution < 1.29 is 38.3 Å². The molecule has 1 heterocycles. The highest BCUT2D eigenvalue weighted by Crippen LogP contribution is 2.54. The third-order valence-electron chi connectivity index (χ3n) is 6.29. The molecule has 4 atom stereocenters. The van der Waals surface area contributed by atoms with Crippen LogP contribution in [0.4, 0.5) is 0 Å². The van der Waals surface area contributed by atoms with Crippen LogP contribution in [0, 0.1) is 5.92 Å². The number of rotatable bonds is 12. The van der Waals surface area contributed by atoms with Gasteiger partial charge in [0.25, 0.3) is 0 Å². The molecule has 1 N–H and O–H groups in total. The first-order chi connectivity index (χ1) is 16.0. The molecular formula is C25H40O8Si. The maximum Gasteiger partial charge on any atom is 0.342 e. The summed E-state index contributed by atoms with van der Waals surface area (Å²) in [6.45, 7) is 10.8. The lowest BCUT2D eigenvalue weighted by molar-refractivity contribution is -0.149. The van der Waals surface area contributed by atoms with Gasteiger partial charge >= 0.3 is 5.97 Å². The maximum absolute atomic E-state index is 13.3. The highest BCUT2D eigenvalue weighted by molar-refractivity contribution is 6.76. The van der Waals surface area contributed by atoms with Gasteiger partial charge in [-0.15, -0.1) is 0 Å². The molecule has 1 aliphatic carbocycles. The van der Waals surface area contributed by atoms with E-state index >= 15 is 0 Å². The number of carbonyl (C=O) groups is 1. The Morgan fingerprint density at radius 1 is 1.18 bits per heavy atom. The van der Waals surface area contributed by atoms with Gasteiger partial charge in [-0.3, -0.25) is 0 Å². The van der Waals surface area contributed by atoms with Crippen LogP contribution in [0.25, 0.3) is 0 Å². The van der Waals surface area contributed by atoms with E-state index in [2.05, 4.69) is 19.6 Å². The second-order valence-corrected chi connectivity index (χ2v) is 16.4. The zero-order valence-electron chi connectivity index (χ0n) is 21.5. The molecule has 9 heteroatoms. The van der Waals surface area contributed by atoms with E-state index in [4.69, 9.17) is 28.4 Å². The van der Waals surface area contributed by atoms with Gasteiger partial charge in [-0.1, -0.05) is 19.6 Å². The number of aliphatic hydroxyl groups excluding tert-OH is 1. The van der Waals surface area contributed by atoms with E-state index < -0.39 is 13.9 Å². The lowest BCUT2D eigenvalue weighted by atomic mass is 9.98. The summed E-state index contributed by atoms with van der Waals surface area (Å²) < 4.78 is 33.9. The number of esters is 1. The van der Waals surface area contributed by atoms with E-state index in [1.807, 2.05) is 19.9 Å². The van der Waals surface area contributed by atoms with Gasteiger partial charge in [0.05, 0.1) is 26.4 Å². The van der Waals surface area contributed by atoms with Crippen LogP contribution < -0.4 is 9.47 Å². The molecule has 1 aromatic rings. The SMILES string of the molecule is COCOc1cc(OC)cc(C2CC2C[C@H]2OC(C)(C)O[C@@H]2CO)c1C(=O)OCC[Si](C)(C)C. The quantitative estimate of drug-likeness (QED) is 0.262. The van der Waals surface area contributed by atoms with E-state index in [9.17, 15) is 9.90 Å². The minimum Gasteiger partial charge on any atom is -0.497 e. The standard InChI is InChI=1S/C25H40O8Si/c1-25(2)32-20(22(14-26)33-25)11-16-10-18(16)19-12-17(29-4)13-21(31-15-28-3)23(19)24(27)30-8-9-34(5,6)7/h12-13,16,18,20,22,26H,8-11,14-15H2,1-7H3/t16?,18?,20-,22-/m1/s1. The second-order valence-electron chi connectivity index (χ2n) is 10.8. The number of methoxy groups -OCH3 is 2. The molecule has 0 bridgehead atoms. The van der Waals surface area contributed by atoms with Crippen molar-refractivity contribution in [2.75, 3.05) is 34.2 Å². The Balaban J connectivity index is 1.83. The fourth-order valence-electron chi connectivity index (χ4n) is 4.45. The van der Waals surface area contributed by atoms with Gasteiger partial charge < -0.3 is 33.5 Å². The van der Waals surface area contributed by atoms with Crippen molar-refractivity contribution in [1.82, 2.24) is 0 Å². The van der Waals surface area contributed by atoms with Crippen molar-refractivity contribution >= 4 is 14.0 Å². The molecule has 192 valence electrons. The number of ether oxygens (including phenoxy) is 6. The van der Waals surface area contributed by atoms with Crippen LogP contribution in [-0.2, 0) is 18.9 Å². The highest BCUT2D eigenvalue weighted by Gasteiger charge is 2.48. The first kappa shape index (κ1) is 26.9. The smallest absolute Gasteiger partial charge is 0.342 e. The molecular weight excluding hydrogens is 456 g/mol. The van der Waals surface area contributed by atoms with Crippen LogP contribution >= 0.6 is 0 Å². The molecule has 34 heavy (non-hydrogen) atoms. The fraction of sp³-hybridized carbons (Fsp3) is 0.720. The zero-order chi connectivity index (χ0) is 25.1. The highest BCUT2D eigenvalue weighted by atomic mass is 28.3. The topological polar surface area (TPSA) is 92.7 Å². The molecule has 2 fully saturated rings. The van der Waals surface area contributed by atoms with Crippen LogP contribution in [-0.4, -0.2) is 71.4 Å². The molecule has 0 radical (unpaired) electrons. The summed E-state index contributed by atoms with van der Waals surface area (Å²) in [7, 11) is 1.78. The number of hydrogen-bond donors (Lipinski definition) is 1. The zero-order valence-corrected chi connectivity index (χ0v) is 22.5. The van der Waals surface area contributed by atoms with Gasteiger partial charge in [-0.2, -0.15) is 0 Å². The van der Waals surface area contributed by atoms with E-state index in [0.29, 0.717) is 23.7 Å². The molecule has 1 saturated carbocycles. The van der Waals surface area contributed by atoms with Crippen molar-refractivity contribution in [2.45, 2.75) is 76.3 Å². The average Bonchev–Trinajstić information content (AvgIpc) is 3.45. The summed E-state index contributed by atoms with van der Waals surface area (Å²) in [5.74, 6) is 0.321. The fourth-order valence-corrected chi connectivity index (χ4v) is 5.16. The van der Waals surface area contributed by atoms with Gasteiger partial charge in [0.1, 0.15) is 23.2 Å². The predicted octanol–water partition coefficient (Wildman–Crippen LogP) is 4.18. The Morgan fingerprint density at radius 2 is 1.88 bits per heavy atom. The maximum atomic E-state index is 13.3. The van der Waals surface area contributed by atoms with E-state index in [-0.39, 0.29) is 43.4 Å². The van der Waals surface area contributed by atoms with Crippen LogP contribution in [0.3, 0.4) is 0 Å². The first-order valence-corrected chi connectivity index (χ1v) is 15.7. The van der Waals surface area contributed by atoms with E-state index in [0.717, 1.165) is 24.4 Å². The van der Waals surface area contributed by atoms with E-state index in [1.54, 1.807) is 13.2 Å². The lowest BCUT2D eigenvalue weighted by Gasteiger charge is -2.19. The molecule has 0 aromatic heterocycles. The summed E-state index contributed by atoms with van der Waals surface area (Å²) in [4.78, 5) is 13.3. The third kappa shape index (κ3) is 6.94. The van der Waals surface area contributed by atoms with Crippen LogP contribution in [0.1, 0.15) is 48.5 Å². The monoisotopic (exact) mass is 496 g/mol.